The van der Waals surface area contributed by atoms with Crippen LogP contribution >= 0.6 is 11.8 Å². The summed E-state index contributed by atoms with van der Waals surface area (Å²) >= 11 is 1.57. The Balaban J connectivity index is 1.34. The van der Waals surface area contributed by atoms with Gasteiger partial charge in [-0.3, -0.25) is 19.8 Å². The number of para-hydroxylation sites is 2. The second kappa shape index (κ2) is 10.0. The van der Waals surface area contributed by atoms with Crippen molar-refractivity contribution in [3.63, 3.8) is 0 Å². The van der Waals surface area contributed by atoms with Gasteiger partial charge in [-0.25, -0.2) is 4.79 Å². The Hall–Kier alpha value is -3.85. The van der Waals surface area contributed by atoms with Crippen molar-refractivity contribution in [3.05, 3.63) is 82.4 Å². The minimum atomic E-state index is -0.780. The Morgan fingerprint density at radius 2 is 1.69 bits per heavy atom. The molecular formula is C27H25N3O5S. The van der Waals surface area contributed by atoms with E-state index >= 15 is 0 Å². The number of hydrogen-bond donors (Lipinski definition) is 0. The van der Waals surface area contributed by atoms with Gasteiger partial charge in [-0.15, -0.1) is 0 Å². The first kappa shape index (κ1) is 23.9. The SMILES string of the molecule is C[C@H]1CCCN(c2ccc(C(=O)OCC(=O)N3c4ccccc4Sc4ccccc43)cc2[N+](=O)[O-])C1. The predicted molar refractivity (Wildman–Crippen MR) is 138 cm³/mol. The summed E-state index contributed by atoms with van der Waals surface area (Å²) in [6, 6.07) is 19.4. The third-order valence-electron chi connectivity index (χ3n) is 6.41. The number of carbonyl (C=O) groups is 2. The maximum Gasteiger partial charge on any atom is 0.338 e. The quantitative estimate of drug-likeness (QED) is 0.246. The minimum Gasteiger partial charge on any atom is -0.452 e. The zero-order valence-corrected chi connectivity index (χ0v) is 20.6. The second-order valence-electron chi connectivity index (χ2n) is 9.00. The van der Waals surface area contributed by atoms with Crippen LogP contribution in [0.1, 0.15) is 30.1 Å². The molecule has 1 atom stereocenters. The molecule has 0 bridgehead atoms. The molecule has 9 heteroatoms. The topological polar surface area (TPSA) is 93.0 Å². The number of carbonyl (C=O) groups excluding carboxylic acids is 2. The van der Waals surface area contributed by atoms with Crippen LogP contribution < -0.4 is 9.80 Å². The Morgan fingerprint density at radius 1 is 1.03 bits per heavy atom. The van der Waals surface area contributed by atoms with E-state index in [1.54, 1.807) is 22.7 Å². The summed E-state index contributed by atoms with van der Waals surface area (Å²) in [6.45, 7) is 3.10. The molecule has 3 aromatic rings. The van der Waals surface area contributed by atoms with Crippen LogP contribution in [0.3, 0.4) is 0 Å². The molecule has 0 unspecified atom stereocenters. The Bertz CT molecular complexity index is 1300. The first-order valence-corrected chi connectivity index (χ1v) is 12.6. The number of benzene rings is 3. The highest BCUT2D eigenvalue weighted by Gasteiger charge is 2.29. The highest BCUT2D eigenvalue weighted by Crippen LogP contribution is 2.47. The summed E-state index contributed by atoms with van der Waals surface area (Å²) in [6.07, 6.45) is 2.05. The summed E-state index contributed by atoms with van der Waals surface area (Å²) < 4.78 is 5.34. The molecule has 0 aliphatic carbocycles. The molecule has 1 fully saturated rings. The third kappa shape index (κ3) is 4.66. The van der Waals surface area contributed by atoms with Gasteiger partial charge in [0.2, 0.25) is 0 Å². The number of nitro benzene ring substituents is 1. The first-order valence-electron chi connectivity index (χ1n) is 11.8. The van der Waals surface area contributed by atoms with Gasteiger partial charge in [-0.1, -0.05) is 43.0 Å². The normalized spacial score (nSPS) is 16.6. The number of amides is 1. The number of rotatable bonds is 5. The largest absolute Gasteiger partial charge is 0.452 e. The maximum absolute atomic E-state index is 13.3. The number of ether oxygens (including phenoxy) is 1. The van der Waals surface area contributed by atoms with E-state index in [2.05, 4.69) is 6.92 Å². The number of anilines is 3. The average Bonchev–Trinajstić information content (AvgIpc) is 2.89. The van der Waals surface area contributed by atoms with E-state index in [0.29, 0.717) is 11.6 Å². The second-order valence-corrected chi connectivity index (χ2v) is 10.1. The number of hydrogen-bond acceptors (Lipinski definition) is 7. The molecule has 1 amide bonds. The highest BCUT2D eigenvalue weighted by atomic mass is 32.2. The van der Waals surface area contributed by atoms with E-state index in [-0.39, 0.29) is 11.3 Å². The van der Waals surface area contributed by atoms with E-state index in [1.807, 2.05) is 53.4 Å². The molecule has 8 nitrogen and oxygen atoms in total. The van der Waals surface area contributed by atoms with Gasteiger partial charge in [-0.2, -0.15) is 0 Å². The van der Waals surface area contributed by atoms with Crippen LogP contribution in [0.15, 0.2) is 76.5 Å². The molecule has 0 spiro atoms. The Kier molecular flexibility index (Phi) is 6.65. The van der Waals surface area contributed by atoms with Gasteiger partial charge in [0.25, 0.3) is 11.6 Å². The molecule has 36 heavy (non-hydrogen) atoms. The number of nitro groups is 1. The van der Waals surface area contributed by atoms with Crippen molar-refractivity contribution in [3.8, 4) is 0 Å². The monoisotopic (exact) mass is 503 g/mol. The van der Waals surface area contributed by atoms with E-state index < -0.39 is 23.4 Å². The number of esters is 1. The molecular weight excluding hydrogens is 478 g/mol. The molecule has 1 saturated heterocycles. The zero-order chi connectivity index (χ0) is 25.2. The molecule has 2 aliphatic rings. The standard InChI is InChI=1S/C27H25N3O5S/c1-18-7-6-14-28(16-18)20-13-12-19(15-23(20)30(33)34)27(32)35-17-26(31)29-21-8-2-4-10-24(21)36-25-11-5-3-9-22(25)29/h2-5,8-13,15,18H,6-7,14,16-17H2,1H3/t18-/m0/s1. The lowest BCUT2D eigenvalue weighted by Crippen LogP contribution is -2.34. The molecule has 2 aliphatic heterocycles. The lowest BCUT2D eigenvalue weighted by atomic mass is 9.99. The van der Waals surface area contributed by atoms with E-state index in [0.717, 1.165) is 47.1 Å². The number of piperidine rings is 1. The molecule has 5 rings (SSSR count). The van der Waals surface area contributed by atoms with Crippen molar-refractivity contribution in [2.24, 2.45) is 5.92 Å². The van der Waals surface area contributed by atoms with Gasteiger partial charge in [0.05, 0.1) is 21.9 Å². The van der Waals surface area contributed by atoms with Crippen LogP contribution in [0.4, 0.5) is 22.7 Å². The molecule has 0 radical (unpaired) electrons. The fourth-order valence-corrected chi connectivity index (χ4v) is 5.78. The number of nitrogens with zero attached hydrogens (tertiary/aromatic N) is 3. The van der Waals surface area contributed by atoms with Gasteiger partial charge in [0, 0.05) is 28.9 Å². The molecule has 0 aromatic heterocycles. The van der Waals surface area contributed by atoms with Crippen molar-refractivity contribution >= 4 is 46.4 Å². The van der Waals surface area contributed by atoms with E-state index in [1.165, 1.54) is 12.1 Å². The lowest BCUT2D eigenvalue weighted by Gasteiger charge is -2.32. The zero-order valence-electron chi connectivity index (χ0n) is 19.8. The van der Waals surface area contributed by atoms with Crippen LogP contribution in [-0.4, -0.2) is 36.5 Å². The van der Waals surface area contributed by atoms with Crippen LogP contribution in [0.2, 0.25) is 0 Å². The smallest absolute Gasteiger partial charge is 0.338 e. The Morgan fingerprint density at radius 3 is 2.33 bits per heavy atom. The maximum atomic E-state index is 13.3. The van der Waals surface area contributed by atoms with Crippen molar-refractivity contribution in [2.75, 3.05) is 29.5 Å². The Labute approximate surface area is 213 Å². The molecule has 184 valence electrons. The van der Waals surface area contributed by atoms with Crippen LogP contribution in [0.25, 0.3) is 0 Å². The van der Waals surface area contributed by atoms with E-state index in [9.17, 15) is 19.7 Å². The van der Waals surface area contributed by atoms with Gasteiger partial charge in [0.1, 0.15) is 5.69 Å². The minimum absolute atomic E-state index is 0.0401. The summed E-state index contributed by atoms with van der Waals surface area (Å²) in [5, 5.41) is 11.8. The van der Waals surface area contributed by atoms with Crippen LogP contribution in [-0.2, 0) is 9.53 Å². The summed E-state index contributed by atoms with van der Waals surface area (Å²) in [5.41, 5.74) is 1.84. The third-order valence-corrected chi connectivity index (χ3v) is 7.54. The first-order chi connectivity index (χ1) is 17.4. The van der Waals surface area contributed by atoms with Crippen LogP contribution in [0.5, 0.6) is 0 Å². The summed E-state index contributed by atoms with van der Waals surface area (Å²) in [5.74, 6) is -0.743. The fourth-order valence-electron chi connectivity index (χ4n) is 4.72. The van der Waals surface area contributed by atoms with Crippen molar-refractivity contribution in [1.82, 2.24) is 0 Å². The lowest BCUT2D eigenvalue weighted by molar-refractivity contribution is -0.384. The van der Waals surface area contributed by atoms with Crippen molar-refractivity contribution in [2.45, 2.75) is 29.6 Å². The summed E-state index contributed by atoms with van der Waals surface area (Å²) in [4.78, 5) is 42.8. The molecule has 2 heterocycles. The van der Waals surface area contributed by atoms with Gasteiger partial charge in [0.15, 0.2) is 6.61 Å². The van der Waals surface area contributed by atoms with E-state index in [4.69, 9.17) is 4.74 Å². The van der Waals surface area contributed by atoms with Gasteiger partial charge >= 0.3 is 5.97 Å². The van der Waals surface area contributed by atoms with Gasteiger partial charge < -0.3 is 9.64 Å². The van der Waals surface area contributed by atoms with Crippen molar-refractivity contribution in [1.29, 1.82) is 0 Å². The van der Waals surface area contributed by atoms with Crippen molar-refractivity contribution < 1.29 is 19.2 Å². The molecule has 3 aromatic carbocycles. The van der Waals surface area contributed by atoms with Crippen LogP contribution in [0, 0.1) is 16.0 Å². The highest BCUT2D eigenvalue weighted by molar-refractivity contribution is 7.99. The fraction of sp³-hybridized carbons (Fsp3) is 0.259. The average molecular weight is 504 g/mol. The summed E-state index contributed by atoms with van der Waals surface area (Å²) in [7, 11) is 0. The van der Waals surface area contributed by atoms with Gasteiger partial charge in [-0.05, 0) is 55.2 Å². The molecule has 0 saturated carbocycles. The predicted octanol–water partition coefficient (Wildman–Crippen LogP) is 5.82. The molecule has 0 N–H and O–H groups in total. The number of fused-ring (bicyclic) bond motifs is 2.